The second-order valence-corrected chi connectivity index (χ2v) is 11.9. The molecule has 1 amide bonds. The van der Waals surface area contributed by atoms with Crippen molar-refractivity contribution in [3.05, 3.63) is 161 Å². The zero-order valence-corrected chi connectivity index (χ0v) is 27.1. The van der Waals surface area contributed by atoms with Crippen LogP contribution in [0.4, 0.5) is 18.0 Å². The Morgan fingerprint density at radius 2 is 1.36 bits per heavy atom. The predicted octanol–water partition coefficient (Wildman–Crippen LogP) is 9.44. The third-order valence-corrected chi connectivity index (χ3v) is 8.30. The topological polar surface area (TPSA) is 74.3 Å². The van der Waals surface area contributed by atoms with E-state index in [0.29, 0.717) is 11.3 Å². The van der Waals surface area contributed by atoms with E-state index < -0.39 is 35.9 Å². The molecule has 0 radical (unpaired) electrons. The highest BCUT2D eigenvalue weighted by atomic mass is 19.4. The highest BCUT2D eigenvalue weighted by Gasteiger charge is 2.40. The van der Waals surface area contributed by atoms with Crippen LogP contribution in [0.3, 0.4) is 0 Å². The van der Waals surface area contributed by atoms with Gasteiger partial charge in [-0.05, 0) is 59.5 Å². The predicted molar refractivity (Wildman–Crippen MR) is 179 cm³/mol. The first-order valence-corrected chi connectivity index (χ1v) is 16.0. The number of rotatable bonds is 12. The third kappa shape index (κ3) is 8.44. The molecule has 0 bridgehead atoms. The van der Waals surface area contributed by atoms with Gasteiger partial charge in [0.05, 0.1) is 24.6 Å². The average molecular weight is 682 g/mol. The molecule has 0 N–H and O–H groups in total. The van der Waals surface area contributed by atoms with Gasteiger partial charge in [0.15, 0.2) is 11.5 Å². The number of nitrogens with zero attached hydrogens (tertiary/aromatic N) is 1. The number of esters is 1. The SMILES string of the molecule is C[C@H]1[C@@H](c2ccccc2)OC(=O)N1Cc1cc(C(F)(F)F)ccc1Oc1cc(CC(=O)OCc2ccccc2)ccc1OCc1ccccc1. The quantitative estimate of drug-likeness (QED) is 0.122. The van der Waals surface area contributed by atoms with Crippen molar-refractivity contribution >= 4 is 12.1 Å². The lowest BCUT2D eigenvalue weighted by molar-refractivity contribution is -0.144. The first-order valence-electron chi connectivity index (χ1n) is 16.0. The Balaban J connectivity index is 1.29. The number of hydrogen-bond donors (Lipinski definition) is 0. The van der Waals surface area contributed by atoms with Crippen LogP contribution >= 0.6 is 0 Å². The van der Waals surface area contributed by atoms with Gasteiger partial charge in [-0.1, -0.05) is 97.1 Å². The zero-order chi connectivity index (χ0) is 35.1. The van der Waals surface area contributed by atoms with Crippen LogP contribution in [0, 0.1) is 0 Å². The number of carbonyl (C=O) groups excluding carboxylic acids is 2. The fourth-order valence-electron chi connectivity index (χ4n) is 5.64. The monoisotopic (exact) mass is 681 g/mol. The van der Waals surface area contributed by atoms with Gasteiger partial charge in [0.25, 0.3) is 0 Å². The van der Waals surface area contributed by atoms with Crippen LogP contribution in [0.2, 0.25) is 0 Å². The number of alkyl halides is 3. The Labute approximate surface area is 287 Å². The van der Waals surface area contributed by atoms with E-state index in [2.05, 4.69) is 0 Å². The van der Waals surface area contributed by atoms with Crippen molar-refractivity contribution in [2.75, 3.05) is 0 Å². The average Bonchev–Trinajstić information content (AvgIpc) is 3.40. The third-order valence-electron chi connectivity index (χ3n) is 8.30. The lowest BCUT2D eigenvalue weighted by atomic mass is 10.0. The van der Waals surface area contributed by atoms with Crippen LogP contribution in [0.25, 0.3) is 0 Å². The molecule has 5 aromatic carbocycles. The minimum Gasteiger partial charge on any atom is -0.485 e. The molecule has 256 valence electrons. The normalized spacial score (nSPS) is 15.8. The number of hydrogen-bond acceptors (Lipinski definition) is 6. The maximum atomic E-state index is 13.9. The lowest BCUT2D eigenvalue weighted by Crippen LogP contribution is -2.31. The van der Waals surface area contributed by atoms with E-state index >= 15 is 0 Å². The molecule has 0 spiro atoms. The summed E-state index contributed by atoms with van der Waals surface area (Å²) in [5, 5.41) is 0. The van der Waals surface area contributed by atoms with Gasteiger partial charge < -0.3 is 18.9 Å². The van der Waals surface area contributed by atoms with Crippen molar-refractivity contribution in [1.29, 1.82) is 0 Å². The summed E-state index contributed by atoms with van der Waals surface area (Å²) in [7, 11) is 0. The van der Waals surface area contributed by atoms with Gasteiger partial charge in [0.1, 0.15) is 25.1 Å². The van der Waals surface area contributed by atoms with E-state index in [1.165, 1.54) is 11.0 Å². The molecule has 1 fully saturated rings. The van der Waals surface area contributed by atoms with Crippen LogP contribution in [-0.4, -0.2) is 23.0 Å². The summed E-state index contributed by atoms with van der Waals surface area (Å²) < 4.78 is 65.3. The van der Waals surface area contributed by atoms with Crippen LogP contribution in [-0.2, 0) is 46.6 Å². The maximum absolute atomic E-state index is 13.9. The van der Waals surface area contributed by atoms with Crippen LogP contribution in [0.5, 0.6) is 17.2 Å². The van der Waals surface area contributed by atoms with Crippen LogP contribution in [0.15, 0.2) is 127 Å². The lowest BCUT2D eigenvalue weighted by Gasteiger charge is -2.23. The van der Waals surface area contributed by atoms with Crippen molar-refractivity contribution in [3.63, 3.8) is 0 Å². The Morgan fingerprint density at radius 1 is 0.740 bits per heavy atom. The number of benzene rings is 5. The van der Waals surface area contributed by atoms with Gasteiger partial charge in [0, 0.05) is 5.56 Å². The molecule has 0 aliphatic carbocycles. The van der Waals surface area contributed by atoms with Crippen molar-refractivity contribution in [1.82, 2.24) is 4.90 Å². The number of halogens is 3. The van der Waals surface area contributed by atoms with Crippen molar-refractivity contribution in [2.45, 2.75) is 51.4 Å². The van der Waals surface area contributed by atoms with Gasteiger partial charge >= 0.3 is 18.2 Å². The van der Waals surface area contributed by atoms with E-state index in [1.54, 1.807) is 25.1 Å². The van der Waals surface area contributed by atoms with Gasteiger partial charge in [-0.3, -0.25) is 9.69 Å². The molecule has 2 atom stereocenters. The van der Waals surface area contributed by atoms with E-state index in [1.807, 2.05) is 91.0 Å². The first-order chi connectivity index (χ1) is 24.1. The number of cyclic esters (lactones) is 1. The van der Waals surface area contributed by atoms with E-state index in [-0.39, 0.29) is 43.2 Å². The molecule has 0 saturated carbocycles. The highest BCUT2D eigenvalue weighted by Crippen LogP contribution is 2.40. The van der Waals surface area contributed by atoms with Gasteiger partial charge in [-0.2, -0.15) is 13.2 Å². The molecule has 1 heterocycles. The van der Waals surface area contributed by atoms with Gasteiger partial charge in [-0.15, -0.1) is 0 Å². The second-order valence-electron chi connectivity index (χ2n) is 11.9. The standard InChI is InChI=1S/C40H34F3NO6/c1-27-38(31-15-9-4-10-16-31)50-39(46)44(27)24-32-23-33(40(41,42)43)18-20-34(32)49-36-21-30(22-37(45)48-26-29-13-7-3-8-14-29)17-19-35(36)47-25-28-11-5-2-6-12-28/h2-21,23,27,38H,22,24-26H2,1H3/t27-,38-/m0/s1. The molecule has 1 aliphatic heterocycles. The van der Waals surface area contributed by atoms with E-state index in [4.69, 9.17) is 18.9 Å². The molecule has 10 heteroatoms. The molecular weight excluding hydrogens is 647 g/mol. The zero-order valence-electron chi connectivity index (χ0n) is 27.1. The molecule has 1 saturated heterocycles. The van der Waals surface area contributed by atoms with Gasteiger partial charge in [-0.25, -0.2) is 4.79 Å². The maximum Gasteiger partial charge on any atom is 0.416 e. The Kier molecular flexibility index (Phi) is 10.4. The highest BCUT2D eigenvalue weighted by molar-refractivity contribution is 5.73. The summed E-state index contributed by atoms with van der Waals surface area (Å²) in [6.07, 6.45) is -5.98. The fraction of sp³-hybridized carbons (Fsp3) is 0.200. The minimum atomic E-state index is -4.64. The largest absolute Gasteiger partial charge is 0.485 e. The molecule has 0 aromatic heterocycles. The molecule has 1 aliphatic rings. The molecule has 6 rings (SSSR count). The molecular formula is C40H34F3NO6. The van der Waals surface area contributed by atoms with Crippen molar-refractivity contribution in [3.8, 4) is 17.2 Å². The number of amides is 1. The van der Waals surface area contributed by atoms with Gasteiger partial charge in [0.2, 0.25) is 0 Å². The summed E-state index contributed by atoms with van der Waals surface area (Å²) in [5.41, 5.74) is 2.26. The fourth-order valence-corrected chi connectivity index (χ4v) is 5.64. The van der Waals surface area contributed by atoms with Crippen LogP contribution in [0.1, 0.15) is 46.4 Å². The molecule has 5 aromatic rings. The molecule has 7 nitrogen and oxygen atoms in total. The Bertz CT molecular complexity index is 1920. The van der Waals surface area contributed by atoms with Crippen molar-refractivity contribution < 1.29 is 41.7 Å². The summed E-state index contributed by atoms with van der Waals surface area (Å²) in [5.74, 6) is 0.0886. The Hall–Kier alpha value is -5.77. The summed E-state index contributed by atoms with van der Waals surface area (Å²) >= 11 is 0. The molecule has 50 heavy (non-hydrogen) atoms. The smallest absolute Gasteiger partial charge is 0.416 e. The van der Waals surface area contributed by atoms with Crippen LogP contribution < -0.4 is 9.47 Å². The summed E-state index contributed by atoms with van der Waals surface area (Å²) in [6.45, 7) is 1.87. The minimum absolute atomic E-state index is 0.0783. The molecule has 0 unspecified atom stereocenters. The van der Waals surface area contributed by atoms with E-state index in [9.17, 15) is 22.8 Å². The van der Waals surface area contributed by atoms with E-state index in [0.717, 1.165) is 28.8 Å². The first kappa shape index (κ1) is 34.1. The van der Waals surface area contributed by atoms with Crippen molar-refractivity contribution in [2.24, 2.45) is 0 Å². The summed E-state index contributed by atoms with van der Waals surface area (Å²) in [4.78, 5) is 27.2. The number of carbonyl (C=O) groups is 2. The second kappa shape index (κ2) is 15.2. The Morgan fingerprint density at radius 3 is 2.02 bits per heavy atom. The number of ether oxygens (including phenoxy) is 4. The summed E-state index contributed by atoms with van der Waals surface area (Å²) in [6, 6.07) is 35.4.